The molecule has 0 aliphatic carbocycles. The molecule has 1 spiro atoms. The number of halogens is 2. The molecule has 0 bridgehead atoms. The second-order valence-electron chi connectivity index (χ2n) is 7.70. The number of aromatic hydroxyl groups is 1. The van der Waals surface area contributed by atoms with E-state index in [0.29, 0.717) is 32.2 Å². The highest BCUT2D eigenvalue weighted by molar-refractivity contribution is 5.99. The summed E-state index contributed by atoms with van der Waals surface area (Å²) in [7, 11) is 0. The number of likely N-dealkylation sites (N-methyl/N-ethyl adjacent to an activating group) is 1. The van der Waals surface area contributed by atoms with Crippen molar-refractivity contribution in [1.82, 2.24) is 14.8 Å². The molecule has 1 aromatic heterocycles. The first-order chi connectivity index (χ1) is 14.8. The molecule has 2 amide bonds. The fourth-order valence-electron chi connectivity index (χ4n) is 4.10. The lowest BCUT2D eigenvalue weighted by Crippen LogP contribution is -2.55. The van der Waals surface area contributed by atoms with E-state index in [0.717, 1.165) is 6.07 Å². The third-order valence-corrected chi connectivity index (χ3v) is 5.83. The van der Waals surface area contributed by atoms with Crippen molar-refractivity contribution >= 4 is 11.8 Å². The van der Waals surface area contributed by atoms with E-state index < -0.39 is 40.2 Å². The Morgan fingerprint density at radius 3 is 2.74 bits per heavy atom. The van der Waals surface area contributed by atoms with Crippen LogP contribution in [0.25, 0.3) is 0 Å². The van der Waals surface area contributed by atoms with Crippen LogP contribution in [0.3, 0.4) is 0 Å². The first-order valence-corrected chi connectivity index (χ1v) is 9.85. The molecule has 1 aromatic carbocycles. The van der Waals surface area contributed by atoms with Gasteiger partial charge in [-0.25, -0.2) is 8.78 Å². The normalized spacial score (nSPS) is 20.2. The Kier molecular flexibility index (Phi) is 5.26. The average Bonchev–Trinajstić information content (AvgIpc) is 3.21. The number of ether oxygens (including phenoxy) is 1. The number of carbonyl (C=O) groups excluding carboxylic acids is 2. The number of carbonyl (C=O) groups is 2. The summed E-state index contributed by atoms with van der Waals surface area (Å²) < 4.78 is 33.9. The number of nitrogens with one attached hydrogen (secondary N) is 1. The fraction of sp³-hybridized carbons (Fsp3) is 0.381. The van der Waals surface area contributed by atoms with E-state index in [9.17, 15) is 28.3 Å². The maximum absolute atomic E-state index is 13.8. The molecule has 4 rings (SSSR count). The summed E-state index contributed by atoms with van der Waals surface area (Å²) >= 11 is 0. The molecule has 2 N–H and O–H groups in total. The van der Waals surface area contributed by atoms with Crippen molar-refractivity contribution < 1.29 is 28.2 Å². The molecule has 1 atom stereocenters. The zero-order valence-electron chi connectivity index (χ0n) is 16.8. The lowest BCUT2D eigenvalue weighted by molar-refractivity contribution is 0.0510. The van der Waals surface area contributed by atoms with Gasteiger partial charge in [0, 0.05) is 44.1 Å². The summed E-state index contributed by atoms with van der Waals surface area (Å²) in [4.78, 5) is 39.7. The lowest BCUT2D eigenvalue weighted by atomic mass is 9.92. The van der Waals surface area contributed by atoms with Crippen LogP contribution in [0.1, 0.15) is 39.8 Å². The topological polar surface area (TPSA) is 101 Å². The number of pyridine rings is 1. The van der Waals surface area contributed by atoms with Crippen molar-refractivity contribution in [3.8, 4) is 5.75 Å². The van der Waals surface area contributed by atoms with Gasteiger partial charge >= 0.3 is 0 Å². The highest BCUT2D eigenvalue weighted by Crippen LogP contribution is 2.36. The van der Waals surface area contributed by atoms with E-state index in [-0.39, 0.29) is 30.0 Å². The Balaban J connectivity index is 1.72. The minimum absolute atomic E-state index is 0.0338. The van der Waals surface area contributed by atoms with Gasteiger partial charge in [-0.2, -0.15) is 0 Å². The van der Waals surface area contributed by atoms with Crippen LogP contribution >= 0.6 is 0 Å². The summed E-state index contributed by atoms with van der Waals surface area (Å²) in [6.07, 6.45) is 1.79. The quantitative estimate of drug-likeness (QED) is 0.758. The summed E-state index contributed by atoms with van der Waals surface area (Å²) in [5, 5.41) is 13.0. The van der Waals surface area contributed by atoms with Crippen molar-refractivity contribution in [1.29, 1.82) is 0 Å². The second-order valence-corrected chi connectivity index (χ2v) is 7.70. The Hall–Kier alpha value is -3.27. The monoisotopic (exact) mass is 433 g/mol. The molecule has 31 heavy (non-hydrogen) atoms. The van der Waals surface area contributed by atoms with Crippen molar-refractivity contribution in [2.24, 2.45) is 0 Å². The van der Waals surface area contributed by atoms with Gasteiger partial charge in [0.05, 0.1) is 12.1 Å². The number of amides is 2. The number of aromatic nitrogens is 1. The average molecular weight is 433 g/mol. The summed E-state index contributed by atoms with van der Waals surface area (Å²) in [6.45, 7) is 2.91. The molecule has 0 radical (unpaired) electrons. The third-order valence-electron chi connectivity index (χ3n) is 5.83. The second kappa shape index (κ2) is 7.77. The first-order valence-electron chi connectivity index (χ1n) is 9.85. The smallest absolute Gasteiger partial charge is 0.274 e. The van der Waals surface area contributed by atoms with Crippen LogP contribution in [-0.4, -0.2) is 52.7 Å². The molecular formula is C21H21F2N3O5. The molecule has 2 aliphatic heterocycles. The largest absolute Gasteiger partial charge is 0.503 e. The van der Waals surface area contributed by atoms with Crippen molar-refractivity contribution in [3.63, 3.8) is 0 Å². The lowest BCUT2D eigenvalue weighted by Gasteiger charge is -2.42. The summed E-state index contributed by atoms with van der Waals surface area (Å²) in [6, 6.07) is 2.93. The van der Waals surface area contributed by atoms with Crippen LogP contribution in [0.5, 0.6) is 5.75 Å². The third kappa shape index (κ3) is 3.46. The molecule has 8 nitrogen and oxygen atoms in total. The Bertz CT molecular complexity index is 1120. The molecule has 2 aromatic rings. The first kappa shape index (κ1) is 21.0. The number of hydrogen-bond donors (Lipinski definition) is 2. The number of benzene rings is 1. The minimum Gasteiger partial charge on any atom is -0.503 e. The number of fused-ring (bicyclic) bond motifs is 2. The predicted octanol–water partition coefficient (Wildman–Crippen LogP) is 1.35. The van der Waals surface area contributed by atoms with Crippen LogP contribution in [0.4, 0.5) is 8.78 Å². The molecule has 1 fully saturated rings. The highest BCUT2D eigenvalue weighted by atomic mass is 19.1. The molecule has 164 valence electrons. The van der Waals surface area contributed by atoms with E-state index in [1.54, 1.807) is 6.92 Å². The highest BCUT2D eigenvalue weighted by Gasteiger charge is 2.46. The fourth-order valence-corrected chi connectivity index (χ4v) is 4.10. The van der Waals surface area contributed by atoms with Crippen LogP contribution in [-0.2, 0) is 16.8 Å². The van der Waals surface area contributed by atoms with Gasteiger partial charge in [0.1, 0.15) is 17.2 Å². The molecule has 0 saturated carbocycles. The zero-order valence-corrected chi connectivity index (χ0v) is 16.8. The predicted molar refractivity (Wildman–Crippen MR) is 105 cm³/mol. The molecule has 1 unspecified atom stereocenters. The van der Waals surface area contributed by atoms with Gasteiger partial charge < -0.3 is 24.6 Å². The maximum Gasteiger partial charge on any atom is 0.274 e. The van der Waals surface area contributed by atoms with Crippen LogP contribution in [0, 0.1) is 11.6 Å². The van der Waals surface area contributed by atoms with E-state index in [2.05, 4.69) is 5.32 Å². The van der Waals surface area contributed by atoms with E-state index in [4.69, 9.17) is 4.74 Å². The van der Waals surface area contributed by atoms with Gasteiger partial charge in [-0.3, -0.25) is 14.4 Å². The maximum atomic E-state index is 13.8. The number of nitrogens with zero attached hydrogens (tertiary/aromatic N) is 2. The standard InChI is InChI=1S/C21H21F2N3O5/c1-2-25-10-21(5-6-31-11-21)26-9-14(17(27)18(28)16(26)20(25)30)19(29)24-8-12-3-4-13(22)7-15(12)23/h3-4,7,9,28H,2,5-6,8,10-11H2,1H3,(H,24,29). The molecule has 2 aliphatic rings. The number of hydrogen-bond acceptors (Lipinski definition) is 5. The minimum atomic E-state index is -0.997. The van der Waals surface area contributed by atoms with Gasteiger partial charge in [0.2, 0.25) is 5.43 Å². The van der Waals surface area contributed by atoms with Gasteiger partial charge in [-0.05, 0) is 19.4 Å². The van der Waals surface area contributed by atoms with Crippen LogP contribution in [0.15, 0.2) is 29.2 Å². The Morgan fingerprint density at radius 1 is 1.32 bits per heavy atom. The van der Waals surface area contributed by atoms with Crippen molar-refractivity contribution in [2.45, 2.75) is 25.4 Å². The zero-order chi connectivity index (χ0) is 22.3. The van der Waals surface area contributed by atoms with Gasteiger partial charge in [-0.1, -0.05) is 6.07 Å². The number of rotatable bonds is 4. The summed E-state index contributed by atoms with van der Waals surface area (Å²) in [5.74, 6) is -3.75. The Morgan fingerprint density at radius 2 is 2.10 bits per heavy atom. The summed E-state index contributed by atoms with van der Waals surface area (Å²) in [5.41, 5.74) is -2.23. The van der Waals surface area contributed by atoms with Crippen LogP contribution < -0.4 is 10.7 Å². The van der Waals surface area contributed by atoms with E-state index in [1.807, 2.05) is 0 Å². The van der Waals surface area contributed by atoms with Crippen molar-refractivity contribution in [2.75, 3.05) is 26.3 Å². The van der Waals surface area contributed by atoms with Crippen LogP contribution in [0.2, 0.25) is 0 Å². The molecular weight excluding hydrogens is 412 g/mol. The molecule has 3 heterocycles. The van der Waals surface area contributed by atoms with Crippen molar-refractivity contribution in [3.05, 3.63) is 63.1 Å². The molecule has 10 heteroatoms. The van der Waals surface area contributed by atoms with Gasteiger partial charge in [0.25, 0.3) is 11.8 Å². The Labute approximate surface area is 176 Å². The molecule has 1 saturated heterocycles. The van der Waals surface area contributed by atoms with Gasteiger partial charge in [0.15, 0.2) is 11.4 Å². The van der Waals surface area contributed by atoms with Gasteiger partial charge in [-0.15, -0.1) is 0 Å². The SMILES string of the molecule is CCN1CC2(CCOC2)n2cc(C(=O)NCc3ccc(F)cc3F)c(=O)c(O)c2C1=O. The van der Waals surface area contributed by atoms with E-state index >= 15 is 0 Å². The van der Waals surface area contributed by atoms with E-state index in [1.165, 1.54) is 21.7 Å².